The van der Waals surface area contributed by atoms with Crippen LogP contribution in [0.2, 0.25) is 0 Å². The van der Waals surface area contributed by atoms with Crippen LogP contribution in [0.15, 0.2) is 84.1 Å². The lowest BCUT2D eigenvalue weighted by atomic mass is 10.1. The smallest absolute Gasteiger partial charge is 0.224 e. The number of aromatic nitrogens is 1. The number of amides is 1. The standard InChI is InChI=1S/C28H27N5O2/c1-4-26(35)30-20-11-15-21(16-12-20)32-27(19(3)34)31-33(22-13-9-18(2)10-14-22)28(32)24-17-29-25-8-6-5-7-23(24)25/h5-17,28-29H,4H2,1-3H3,(H,30,35)/t28-/m0/s1. The number of fused-ring (bicyclic) bond motifs is 1. The molecule has 5 rings (SSSR count). The van der Waals surface area contributed by atoms with Crippen molar-refractivity contribution in [2.24, 2.45) is 5.10 Å². The number of aryl methyl sites for hydroxylation is 1. The molecular weight excluding hydrogens is 438 g/mol. The van der Waals surface area contributed by atoms with E-state index in [9.17, 15) is 9.59 Å². The fourth-order valence-corrected chi connectivity index (χ4v) is 4.36. The lowest BCUT2D eigenvalue weighted by Gasteiger charge is -2.31. The number of carbonyl (C=O) groups is 2. The second-order valence-corrected chi connectivity index (χ2v) is 8.64. The summed E-state index contributed by atoms with van der Waals surface area (Å²) in [6.45, 7) is 5.39. The molecule has 0 unspecified atom stereocenters. The summed E-state index contributed by atoms with van der Waals surface area (Å²) in [5.41, 5.74) is 5.57. The molecule has 1 amide bonds. The SMILES string of the molecule is CCC(=O)Nc1ccc(N2C(C(C)=O)=NN(c3ccc(C)cc3)[C@H]2c2c[nH]c3ccccc23)cc1. The summed E-state index contributed by atoms with van der Waals surface area (Å²) >= 11 is 0. The Labute approximate surface area is 204 Å². The van der Waals surface area contributed by atoms with Gasteiger partial charge in [-0.15, -0.1) is 5.10 Å². The summed E-state index contributed by atoms with van der Waals surface area (Å²) in [5.74, 6) is 0.172. The molecule has 1 atom stereocenters. The Morgan fingerprint density at radius 1 is 0.971 bits per heavy atom. The molecule has 0 saturated carbocycles. The number of amidine groups is 1. The van der Waals surface area contributed by atoms with Crippen LogP contribution in [-0.4, -0.2) is 22.5 Å². The van der Waals surface area contributed by atoms with Crippen molar-refractivity contribution in [3.05, 3.63) is 90.1 Å². The number of aromatic amines is 1. The summed E-state index contributed by atoms with van der Waals surface area (Å²) in [6.07, 6.45) is 2.00. The first-order chi connectivity index (χ1) is 17.0. The van der Waals surface area contributed by atoms with Gasteiger partial charge < -0.3 is 10.3 Å². The van der Waals surface area contributed by atoms with Crippen LogP contribution in [-0.2, 0) is 9.59 Å². The molecule has 1 aliphatic rings. The van der Waals surface area contributed by atoms with E-state index in [-0.39, 0.29) is 17.9 Å². The van der Waals surface area contributed by atoms with Gasteiger partial charge in [-0.3, -0.25) is 14.5 Å². The van der Waals surface area contributed by atoms with Crippen LogP contribution in [0.25, 0.3) is 10.9 Å². The van der Waals surface area contributed by atoms with Crippen LogP contribution < -0.4 is 15.2 Å². The van der Waals surface area contributed by atoms with E-state index in [1.165, 1.54) is 6.92 Å². The molecule has 7 heteroatoms. The van der Waals surface area contributed by atoms with E-state index >= 15 is 0 Å². The highest BCUT2D eigenvalue weighted by atomic mass is 16.1. The summed E-state index contributed by atoms with van der Waals surface area (Å²) in [5, 5.41) is 10.7. The van der Waals surface area contributed by atoms with E-state index < -0.39 is 0 Å². The van der Waals surface area contributed by atoms with Gasteiger partial charge in [-0.1, -0.05) is 42.8 Å². The zero-order chi connectivity index (χ0) is 24.5. The molecule has 0 saturated heterocycles. The van der Waals surface area contributed by atoms with Crippen molar-refractivity contribution in [3.63, 3.8) is 0 Å². The van der Waals surface area contributed by atoms with E-state index in [0.717, 1.165) is 33.4 Å². The maximum Gasteiger partial charge on any atom is 0.224 e. The topological polar surface area (TPSA) is 80.8 Å². The second kappa shape index (κ2) is 9.10. The summed E-state index contributed by atoms with van der Waals surface area (Å²) < 4.78 is 0. The van der Waals surface area contributed by atoms with E-state index in [4.69, 9.17) is 5.10 Å². The Bertz CT molecular complexity index is 1420. The highest BCUT2D eigenvalue weighted by Crippen LogP contribution is 2.41. The number of carbonyl (C=O) groups excluding carboxylic acids is 2. The molecule has 176 valence electrons. The number of hydrogen-bond donors (Lipinski definition) is 2. The van der Waals surface area contributed by atoms with Gasteiger partial charge >= 0.3 is 0 Å². The normalized spacial score (nSPS) is 15.4. The minimum atomic E-state index is -0.385. The van der Waals surface area contributed by atoms with Gasteiger partial charge in [0.25, 0.3) is 0 Å². The third-order valence-corrected chi connectivity index (χ3v) is 6.17. The van der Waals surface area contributed by atoms with E-state index in [2.05, 4.69) is 16.4 Å². The lowest BCUT2D eigenvalue weighted by Crippen LogP contribution is -2.37. The number of hydrazone groups is 1. The predicted molar refractivity (Wildman–Crippen MR) is 141 cm³/mol. The first kappa shape index (κ1) is 22.4. The Morgan fingerprint density at radius 2 is 1.66 bits per heavy atom. The van der Waals surface area contributed by atoms with Gasteiger partial charge in [0.2, 0.25) is 5.91 Å². The second-order valence-electron chi connectivity index (χ2n) is 8.64. The predicted octanol–water partition coefficient (Wildman–Crippen LogP) is 5.75. The van der Waals surface area contributed by atoms with Crippen LogP contribution in [0.5, 0.6) is 0 Å². The largest absolute Gasteiger partial charge is 0.361 e. The van der Waals surface area contributed by atoms with Crippen molar-refractivity contribution < 1.29 is 9.59 Å². The third kappa shape index (κ3) is 4.17. The van der Waals surface area contributed by atoms with Gasteiger partial charge in [-0.25, -0.2) is 5.01 Å². The molecule has 0 spiro atoms. The Morgan fingerprint density at radius 3 is 2.34 bits per heavy atom. The van der Waals surface area contributed by atoms with Gasteiger partial charge in [-0.05, 0) is 49.4 Å². The number of hydrogen-bond acceptors (Lipinski definition) is 5. The molecule has 0 radical (unpaired) electrons. The Hall–Kier alpha value is -4.39. The Kier molecular flexibility index (Phi) is 5.82. The number of ketones is 1. The van der Waals surface area contributed by atoms with Crippen molar-refractivity contribution in [1.29, 1.82) is 0 Å². The molecule has 4 aromatic rings. The van der Waals surface area contributed by atoms with Crippen LogP contribution in [0.1, 0.15) is 37.6 Å². The van der Waals surface area contributed by atoms with Gasteiger partial charge in [0, 0.05) is 47.4 Å². The molecule has 2 N–H and O–H groups in total. The number of H-pyrrole nitrogens is 1. The monoisotopic (exact) mass is 465 g/mol. The summed E-state index contributed by atoms with van der Waals surface area (Å²) in [7, 11) is 0. The van der Waals surface area contributed by atoms with Crippen molar-refractivity contribution in [3.8, 4) is 0 Å². The zero-order valence-corrected chi connectivity index (χ0v) is 19.9. The molecule has 1 aliphatic heterocycles. The van der Waals surface area contributed by atoms with Gasteiger partial charge in [0.05, 0.1) is 5.69 Å². The van der Waals surface area contributed by atoms with Crippen LogP contribution >= 0.6 is 0 Å². The molecule has 35 heavy (non-hydrogen) atoms. The maximum absolute atomic E-state index is 12.8. The summed E-state index contributed by atoms with van der Waals surface area (Å²) in [4.78, 5) is 30.0. The van der Waals surface area contributed by atoms with Gasteiger partial charge in [0.1, 0.15) is 0 Å². The maximum atomic E-state index is 12.8. The average molecular weight is 466 g/mol. The van der Waals surface area contributed by atoms with E-state index in [1.54, 1.807) is 0 Å². The molecule has 3 aromatic carbocycles. The van der Waals surface area contributed by atoms with Crippen LogP contribution in [0, 0.1) is 6.92 Å². The Balaban J connectivity index is 1.65. The number of nitrogens with zero attached hydrogens (tertiary/aromatic N) is 3. The number of Topliss-reactive ketones (excluding diaryl/α,β-unsaturated/α-hetero) is 1. The number of benzene rings is 3. The van der Waals surface area contributed by atoms with Gasteiger partial charge in [0.15, 0.2) is 17.8 Å². The van der Waals surface area contributed by atoms with Crippen molar-refractivity contribution in [2.75, 3.05) is 15.2 Å². The zero-order valence-electron chi connectivity index (χ0n) is 19.9. The van der Waals surface area contributed by atoms with Crippen molar-refractivity contribution in [2.45, 2.75) is 33.4 Å². The van der Waals surface area contributed by atoms with E-state index in [0.29, 0.717) is 17.9 Å². The molecule has 2 heterocycles. The molecule has 7 nitrogen and oxygen atoms in total. The minimum absolute atomic E-state index is 0.0490. The van der Waals surface area contributed by atoms with Gasteiger partial charge in [-0.2, -0.15) is 0 Å². The molecular formula is C28H27N5O2. The number of rotatable bonds is 6. The number of nitrogens with one attached hydrogen (secondary N) is 2. The third-order valence-electron chi connectivity index (χ3n) is 6.17. The fraction of sp³-hybridized carbons (Fsp3) is 0.179. The van der Waals surface area contributed by atoms with Crippen LogP contribution in [0.3, 0.4) is 0 Å². The molecule has 0 aliphatic carbocycles. The average Bonchev–Trinajstić information content (AvgIpc) is 3.47. The molecule has 0 bridgehead atoms. The van der Waals surface area contributed by atoms with Crippen molar-refractivity contribution in [1.82, 2.24) is 4.98 Å². The quantitative estimate of drug-likeness (QED) is 0.380. The highest BCUT2D eigenvalue weighted by molar-refractivity contribution is 6.44. The summed E-state index contributed by atoms with van der Waals surface area (Å²) in [6, 6.07) is 23.7. The first-order valence-electron chi connectivity index (χ1n) is 11.7. The molecule has 0 fully saturated rings. The minimum Gasteiger partial charge on any atom is -0.361 e. The number of anilines is 3. The first-order valence-corrected chi connectivity index (χ1v) is 11.7. The van der Waals surface area contributed by atoms with Crippen LogP contribution in [0.4, 0.5) is 17.1 Å². The fourth-order valence-electron chi connectivity index (χ4n) is 4.36. The molecule has 1 aromatic heterocycles. The highest BCUT2D eigenvalue weighted by Gasteiger charge is 2.40. The lowest BCUT2D eigenvalue weighted by molar-refractivity contribution is -0.116. The number of para-hydroxylation sites is 1. The van der Waals surface area contributed by atoms with E-state index in [1.807, 2.05) is 96.7 Å². The van der Waals surface area contributed by atoms with Crippen molar-refractivity contribution >= 4 is 45.5 Å².